The van der Waals surface area contributed by atoms with Crippen molar-refractivity contribution < 1.29 is 0 Å². The van der Waals surface area contributed by atoms with Gasteiger partial charge in [0.1, 0.15) is 0 Å². The maximum absolute atomic E-state index is 4.75. The van der Waals surface area contributed by atoms with Crippen molar-refractivity contribution in [1.82, 2.24) is 4.57 Å². The number of rotatable bonds is 2. The standard InChI is InChI=1S/C14H18N2S/c1-5-16-6-7-17-14(16)15-13-9-11(3)10(2)8-12(13)4/h6-9H,5H2,1-4H3. The molecule has 0 atom stereocenters. The summed E-state index contributed by atoms with van der Waals surface area (Å²) in [6.45, 7) is 9.50. The summed E-state index contributed by atoms with van der Waals surface area (Å²) in [5.74, 6) is 0. The van der Waals surface area contributed by atoms with Gasteiger partial charge in [-0.1, -0.05) is 6.07 Å². The minimum atomic E-state index is 0.965. The van der Waals surface area contributed by atoms with E-state index in [0.717, 1.165) is 17.0 Å². The van der Waals surface area contributed by atoms with Crippen LogP contribution < -0.4 is 4.80 Å². The third-order valence-electron chi connectivity index (χ3n) is 3.03. The number of benzene rings is 1. The van der Waals surface area contributed by atoms with Crippen molar-refractivity contribution in [2.75, 3.05) is 0 Å². The van der Waals surface area contributed by atoms with Crippen molar-refractivity contribution in [2.24, 2.45) is 4.99 Å². The Labute approximate surface area is 106 Å². The van der Waals surface area contributed by atoms with E-state index in [1.165, 1.54) is 16.7 Å². The molecule has 1 aromatic carbocycles. The summed E-state index contributed by atoms with van der Waals surface area (Å²) >= 11 is 1.68. The Morgan fingerprint density at radius 1 is 1.12 bits per heavy atom. The number of thiazole rings is 1. The molecule has 0 amide bonds. The fraction of sp³-hybridized carbons (Fsp3) is 0.357. The van der Waals surface area contributed by atoms with Crippen LogP contribution in [-0.2, 0) is 6.54 Å². The quantitative estimate of drug-likeness (QED) is 0.768. The first-order chi connectivity index (χ1) is 8.11. The van der Waals surface area contributed by atoms with Crippen LogP contribution in [0.5, 0.6) is 0 Å². The average molecular weight is 246 g/mol. The Bertz CT molecular complexity index is 591. The van der Waals surface area contributed by atoms with E-state index in [0.29, 0.717) is 0 Å². The zero-order valence-electron chi connectivity index (χ0n) is 10.8. The predicted octanol–water partition coefficient (Wildman–Crippen LogP) is 3.73. The van der Waals surface area contributed by atoms with Crippen LogP contribution in [0.2, 0.25) is 0 Å². The summed E-state index contributed by atoms with van der Waals surface area (Å²) < 4.78 is 2.17. The van der Waals surface area contributed by atoms with E-state index >= 15 is 0 Å². The third-order valence-corrected chi connectivity index (χ3v) is 3.82. The lowest BCUT2D eigenvalue weighted by molar-refractivity contribution is 0.737. The molecule has 0 unspecified atom stereocenters. The van der Waals surface area contributed by atoms with E-state index < -0.39 is 0 Å². The van der Waals surface area contributed by atoms with Crippen LogP contribution in [-0.4, -0.2) is 4.57 Å². The number of hydrogen-bond donors (Lipinski definition) is 0. The normalized spacial score (nSPS) is 12.1. The molecule has 2 aromatic rings. The molecule has 17 heavy (non-hydrogen) atoms. The molecule has 2 nitrogen and oxygen atoms in total. The average Bonchev–Trinajstić information content (AvgIpc) is 2.73. The molecule has 0 saturated heterocycles. The Balaban J connectivity index is 2.56. The summed E-state index contributed by atoms with van der Waals surface area (Å²) in [6.07, 6.45) is 2.08. The molecule has 0 aliphatic heterocycles. The zero-order chi connectivity index (χ0) is 12.4. The maximum atomic E-state index is 4.75. The van der Waals surface area contributed by atoms with E-state index in [-0.39, 0.29) is 0 Å². The van der Waals surface area contributed by atoms with Crippen molar-refractivity contribution in [2.45, 2.75) is 34.2 Å². The first-order valence-corrected chi connectivity index (χ1v) is 6.76. The van der Waals surface area contributed by atoms with Gasteiger partial charge in [0.15, 0.2) is 4.80 Å². The fourth-order valence-corrected chi connectivity index (χ4v) is 2.60. The first-order valence-electron chi connectivity index (χ1n) is 5.88. The van der Waals surface area contributed by atoms with Gasteiger partial charge in [-0.05, 0) is 50.5 Å². The van der Waals surface area contributed by atoms with Crippen LogP contribution in [0.25, 0.3) is 0 Å². The first kappa shape index (κ1) is 12.1. The number of aromatic nitrogens is 1. The maximum Gasteiger partial charge on any atom is 0.189 e. The lowest BCUT2D eigenvalue weighted by Crippen LogP contribution is -2.11. The highest BCUT2D eigenvalue weighted by Crippen LogP contribution is 2.22. The van der Waals surface area contributed by atoms with Crippen LogP contribution >= 0.6 is 11.3 Å². The molecule has 0 N–H and O–H groups in total. The molecule has 2 rings (SSSR count). The van der Waals surface area contributed by atoms with Crippen LogP contribution in [0.3, 0.4) is 0 Å². The molecule has 0 fully saturated rings. The highest BCUT2D eigenvalue weighted by Gasteiger charge is 2.01. The van der Waals surface area contributed by atoms with Crippen molar-refractivity contribution in [3.8, 4) is 0 Å². The second-order valence-electron chi connectivity index (χ2n) is 4.31. The molecule has 0 aliphatic carbocycles. The van der Waals surface area contributed by atoms with Crippen LogP contribution in [0.1, 0.15) is 23.6 Å². The molecular weight excluding hydrogens is 228 g/mol. The molecule has 1 heterocycles. The molecule has 3 heteroatoms. The summed E-state index contributed by atoms with van der Waals surface area (Å²) in [4.78, 5) is 5.82. The van der Waals surface area contributed by atoms with Crippen LogP contribution in [0.4, 0.5) is 5.69 Å². The van der Waals surface area contributed by atoms with E-state index in [4.69, 9.17) is 4.99 Å². The van der Waals surface area contributed by atoms with Gasteiger partial charge >= 0.3 is 0 Å². The number of nitrogens with zero attached hydrogens (tertiary/aromatic N) is 2. The Kier molecular flexibility index (Phi) is 3.48. The largest absolute Gasteiger partial charge is 0.324 e. The summed E-state index contributed by atoms with van der Waals surface area (Å²) in [7, 11) is 0. The molecule has 0 radical (unpaired) electrons. The lowest BCUT2D eigenvalue weighted by Gasteiger charge is -2.05. The summed E-state index contributed by atoms with van der Waals surface area (Å²) in [5, 5.41) is 2.08. The van der Waals surface area contributed by atoms with Gasteiger partial charge < -0.3 is 4.57 Å². The second-order valence-corrected chi connectivity index (χ2v) is 5.18. The van der Waals surface area contributed by atoms with Crippen LogP contribution in [0, 0.1) is 20.8 Å². The van der Waals surface area contributed by atoms with Gasteiger partial charge in [-0.3, -0.25) is 0 Å². The van der Waals surface area contributed by atoms with E-state index in [1.807, 2.05) is 0 Å². The Hall–Kier alpha value is -1.35. The van der Waals surface area contributed by atoms with Crippen molar-refractivity contribution in [3.05, 3.63) is 45.2 Å². The van der Waals surface area contributed by atoms with Gasteiger partial charge in [0, 0.05) is 18.1 Å². The number of aryl methyl sites for hydroxylation is 4. The van der Waals surface area contributed by atoms with Gasteiger partial charge in [0.05, 0.1) is 5.69 Å². The third kappa shape index (κ3) is 2.50. The molecule has 0 bridgehead atoms. The van der Waals surface area contributed by atoms with Crippen molar-refractivity contribution in [3.63, 3.8) is 0 Å². The smallest absolute Gasteiger partial charge is 0.189 e. The predicted molar refractivity (Wildman–Crippen MR) is 73.9 cm³/mol. The van der Waals surface area contributed by atoms with Crippen molar-refractivity contribution in [1.29, 1.82) is 0 Å². The van der Waals surface area contributed by atoms with Gasteiger partial charge in [-0.2, -0.15) is 0 Å². The molecule has 0 aliphatic rings. The monoisotopic (exact) mass is 246 g/mol. The topological polar surface area (TPSA) is 17.3 Å². The molecule has 1 aromatic heterocycles. The van der Waals surface area contributed by atoms with Crippen molar-refractivity contribution >= 4 is 17.0 Å². The molecule has 0 spiro atoms. The molecule has 0 saturated carbocycles. The van der Waals surface area contributed by atoms with E-state index in [9.17, 15) is 0 Å². The minimum Gasteiger partial charge on any atom is -0.324 e. The van der Waals surface area contributed by atoms with E-state index in [2.05, 4.69) is 56.0 Å². The summed E-state index contributed by atoms with van der Waals surface area (Å²) in [6, 6.07) is 4.38. The highest BCUT2D eigenvalue weighted by molar-refractivity contribution is 7.07. The minimum absolute atomic E-state index is 0.965. The number of hydrogen-bond acceptors (Lipinski definition) is 2. The Morgan fingerprint density at radius 2 is 1.82 bits per heavy atom. The zero-order valence-corrected chi connectivity index (χ0v) is 11.6. The van der Waals surface area contributed by atoms with Gasteiger partial charge in [-0.25, -0.2) is 4.99 Å². The van der Waals surface area contributed by atoms with E-state index in [1.54, 1.807) is 11.3 Å². The highest BCUT2D eigenvalue weighted by atomic mass is 32.1. The molecule has 90 valence electrons. The summed E-state index contributed by atoms with van der Waals surface area (Å²) in [5.41, 5.74) is 4.95. The fourth-order valence-electron chi connectivity index (χ4n) is 1.80. The SMILES string of the molecule is CCn1ccsc1=Nc1cc(C)c(C)cc1C. The molecular formula is C14H18N2S. The van der Waals surface area contributed by atoms with Gasteiger partial charge in [0.25, 0.3) is 0 Å². The van der Waals surface area contributed by atoms with Crippen LogP contribution in [0.15, 0.2) is 28.7 Å². The lowest BCUT2D eigenvalue weighted by atomic mass is 10.1. The Morgan fingerprint density at radius 3 is 2.53 bits per heavy atom. The van der Waals surface area contributed by atoms with Gasteiger partial charge in [-0.15, -0.1) is 11.3 Å². The second kappa shape index (κ2) is 4.88. The van der Waals surface area contributed by atoms with Gasteiger partial charge in [0.2, 0.25) is 0 Å².